The molecule has 1 atom stereocenters. The van der Waals surface area contributed by atoms with Crippen LogP contribution in [0.15, 0.2) is 42.1 Å². The number of nitrogens with zero attached hydrogens (tertiary/aromatic N) is 1. The monoisotopic (exact) mass is 297 g/mol. The van der Waals surface area contributed by atoms with Crippen molar-refractivity contribution in [1.29, 1.82) is 0 Å². The Morgan fingerprint density at radius 3 is 2.45 bits per heavy atom. The molecule has 2 heteroatoms. The molecule has 1 aromatic carbocycles. The third kappa shape index (κ3) is 3.16. The zero-order chi connectivity index (χ0) is 16.5. The van der Waals surface area contributed by atoms with Crippen LogP contribution in [0.25, 0.3) is 0 Å². The molecule has 0 saturated carbocycles. The van der Waals surface area contributed by atoms with E-state index in [-0.39, 0.29) is 17.1 Å². The minimum atomic E-state index is 0.0486. The Hall–Kier alpha value is -1.83. The molecule has 1 aliphatic carbocycles. The summed E-state index contributed by atoms with van der Waals surface area (Å²) in [5.74, 6) is 0.397. The van der Waals surface area contributed by atoms with Crippen LogP contribution in [0.3, 0.4) is 0 Å². The Balaban J connectivity index is 2.54. The highest BCUT2D eigenvalue weighted by Gasteiger charge is 2.25. The standard InChI is InChI=1S/C20H27NO/c1-7-19(22)17-13-14(20(2,3)4)11-12-15(17)16-9-8-10-18(16)21(5)6/h8-13,16H,7H2,1-6H3. The SMILES string of the molecule is CCC(=O)c1cc(C(C)(C)C)ccc1C1C=CC=C1N(C)C. The molecule has 0 heterocycles. The van der Waals surface area contributed by atoms with Crippen LogP contribution >= 0.6 is 0 Å². The van der Waals surface area contributed by atoms with Crippen molar-refractivity contribution >= 4 is 5.78 Å². The van der Waals surface area contributed by atoms with Crippen molar-refractivity contribution in [3.8, 4) is 0 Å². The number of benzene rings is 1. The van der Waals surface area contributed by atoms with Crippen LogP contribution in [0.1, 0.15) is 61.5 Å². The molecule has 1 aromatic rings. The highest BCUT2D eigenvalue weighted by atomic mass is 16.1. The molecule has 0 N–H and O–H groups in total. The fourth-order valence-electron chi connectivity index (χ4n) is 2.88. The first-order valence-electron chi connectivity index (χ1n) is 7.99. The van der Waals surface area contributed by atoms with Gasteiger partial charge in [-0.3, -0.25) is 4.79 Å². The molecule has 2 nitrogen and oxygen atoms in total. The summed E-state index contributed by atoms with van der Waals surface area (Å²) in [6.45, 7) is 8.48. The average molecular weight is 297 g/mol. The lowest BCUT2D eigenvalue weighted by Gasteiger charge is -2.26. The topological polar surface area (TPSA) is 20.3 Å². The van der Waals surface area contributed by atoms with E-state index in [2.05, 4.69) is 76.2 Å². The zero-order valence-corrected chi connectivity index (χ0v) is 14.6. The maximum atomic E-state index is 12.5. The van der Waals surface area contributed by atoms with Gasteiger partial charge in [0, 0.05) is 37.7 Å². The Morgan fingerprint density at radius 2 is 1.91 bits per heavy atom. The van der Waals surface area contributed by atoms with Gasteiger partial charge >= 0.3 is 0 Å². The Morgan fingerprint density at radius 1 is 1.23 bits per heavy atom. The van der Waals surface area contributed by atoms with Crippen molar-refractivity contribution in [2.75, 3.05) is 14.1 Å². The van der Waals surface area contributed by atoms with E-state index >= 15 is 0 Å². The van der Waals surface area contributed by atoms with Gasteiger partial charge in [-0.05, 0) is 28.7 Å². The van der Waals surface area contributed by atoms with E-state index in [0.717, 1.165) is 11.1 Å². The first-order chi connectivity index (χ1) is 10.3. The number of rotatable bonds is 4. The second kappa shape index (κ2) is 6.12. The summed E-state index contributed by atoms with van der Waals surface area (Å²) in [5, 5.41) is 0. The van der Waals surface area contributed by atoms with E-state index < -0.39 is 0 Å². The summed E-state index contributed by atoms with van der Waals surface area (Å²) in [4.78, 5) is 14.6. The number of ketones is 1. The lowest BCUT2D eigenvalue weighted by atomic mass is 9.82. The van der Waals surface area contributed by atoms with Gasteiger partial charge in [0.05, 0.1) is 0 Å². The van der Waals surface area contributed by atoms with Crippen LogP contribution in [0.5, 0.6) is 0 Å². The van der Waals surface area contributed by atoms with Gasteiger partial charge in [-0.25, -0.2) is 0 Å². The zero-order valence-electron chi connectivity index (χ0n) is 14.6. The van der Waals surface area contributed by atoms with Crippen molar-refractivity contribution in [3.05, 3.63) is 58.8 Å². The maximum Gasteiger partial charge on any atom is 0.162 e. The smallest absolute Gasteiger partial charge is 0.162 e. The van der Waals surface area contributed by atoms with Crippen molar-refractivity contribution < 1.29 is 4.79 Å². The summed E-state index contributed by atoms with van der Waals surface area (Å²) in [6, 6.07) is 6.41. The van der Waals surface area contributed by atoms with Crippen molar-refractivity contribution in [3.63, 3.8) is 0 Å². The van der Waals surface area contributed by atoms with E-state index in [4.69, 9.17) is 0 Å². The van der Waals surface area contributed by atoms with Gasteiger partial charge < -0.3 is 4.90 Å². The fraction of sp³-hybridized carbons (Fsp3) is 0.450. The van der Waals surface area contributed by atoms with Gasteiger partial charge in [0.2, 0.25) is 0 Å². The molecule has 0 amide bonds. The summed E-state index contributed by atoms with van der Waals surface area (Å²) in [5.41, 5.74) is 4.49. The highest BCUT2D eigenvalue weighted by Crippen LogP contribution is 2.36. The van der Waals surface area contributed by atoms with Crippen LogP contribution < -0.4 is 0 Å². The van der Waals surface area contributed by atoms with Crippen molar-refractivity contribution in [2.24, 2.45) is 0 Å². The molecule has 0 spiro atoms. The van der Waals surface area contributed by atoms with Gasteiger partial charge in [0.15, 0.2) is 5.78 Å². The van der Waals surface area contributed by atoms with Gasteiger partial charge in [-0.1, -0.05) is 52.0 Å². The molecule has 0 fully saturated rings. The van der Waals surface area contributed by atoms with Gasteiger partial charge in [0.1, 0.15) is 0 Å². The van der Waals surface area contributed by atoms with E-state index in [1.807, 2.05) is 6.92 Å². The molecule has 1 unspecified atom stereocenters. The highest BCUT2D eigenvalue weighted by molar-refractivity contribution is 5.98. The number of carbonyl (C=O) groups excluding carboxylic acids is 1. The minimum Gasteiger partial charge on any atom is -0.380 e. The van der Waals surface area contributed by atoms with Gasteiger partial charge in [0.25, 0.3) is 0 Å². The normalized spacial score (nSPS) is 17.5. The van der Waals surface area contributed by atoms with E-state index in [1.165, 1.54) is 11.3 Å². The third-order valence-electron chi connectivity index (χ3n) is 4.28. The molecule has 0 radical (unpaired) electrons. The van der Waals surface area contributed by atoms with Crippen LogP contribution in [0.4, 0.5) is 0 Å². The number of likely N-dealkylation sites (N-methyl/N-ethyl adjacent to an activating group) is 1. The van der Waals surface area contributed by atoms with E-state index in [0.29, 0.717) is 6.42 Å². The Kier molecular flexibility index (Phi) is 4.60. The Labute approximate surface area is 134 Å². The van der Waals surface area contributed by atoms with Crippen LogP contribution in [0.2, 0.25) is 0 Å². The fourth-order valence-corrected chi connectivity index (χ4v) is 2.88. The molecule has 0 bridgehead atoms. The first kappa shape index (κ1) is 16.5. The molecule has 22 heavy (non-hydrogen) atoms. The molecular formula is C20H27NO. The maximum absolute atomic E-state index is 12.5. The number of carbonyl (C=O) groups is 1. The predicted octanol–water partition coefficient (Wildman–Crippen LogP) is 4.68. The third-order valence-corrected chi connectivity index (χ3v) is 4.28. The molecule has 0 aliphatic heterocycles. The summed E-state index contributed by atoms with van der Waals surface area (Å²) in [6.07, 6.45) is 6.92. The molecule has 0 aromatic heterocycles. The van der Waals surface area contributed by atoms with Crippen LogP contribution in [-0.4, -0.2) is 24.8 Å². The number of hydrogen-bond donors (Lipinski definition) is 0. The van der Waals surface area contributed by atoms with Crippen molar-refractivity contribution in [2.45, 2.75) is 45.4 Å². The predicted molar refractivity (Wildman–Crippen MR) is 93.4 cm³/mol. The molecule has 0 saturated heterocycles. The van der Waals surface area contributed by atoms with Crippen LogP contribution in [0, 0.1) is 0 Å². The van der Waals surface area contributed by atoms with Gasteiger partial charge in [-0.15, -0.1) is 0 Å². The van der Waals surface area contributed by atoms with E-state index in [9.17, 15) is 4.79 Å². The van der Waals surface area contributed by atoms with E-state index in [1.54, 1.807) is 0 Å². The van der Waals surface area contributed by atoms with Crippen molar-refractivity contribution in [1.82, 2.24) is 4.90 Å². The second-order valence-corrected chi connectivity index (χ2v) is 7.18. The molecular weight excluding hydrogens is 270 g/mol. The molecule has 2 rings (SSSR count). The summed E-state index contributed by atoms with van der Waals surface area (Å²) in [7, 11) is 4.10. The second-order valence-electron chi connectivity index (χ2n) is 7.18. The molecule has 1 aliphatic rings. The van der Waals surface area contributed by atoms with Crippen LogP contribution in [-0.2, 0) is 5.41 Å². The lowest BCUT2D eigenvalue weighted by molar-refractivity contribution is 0.0987. The van der Waals surface area contributed by atoms with Gasteiger partial charge in [-0.2, -0.15) is 0 Å². The average Bonchev–Trinajstić information content (AvgIpc) is 2.94. The summed E-state index contributed by atoms with van der Waals surface area (Å²) >= 11 is 0. The quantitative estimate of drug-likeness (QED) is 0.752. The number of hydrogen-bond acceptors (Lipinski definition) is 2. The largest absolute Gasteiger partial charge is 0.380 e. The Bertz CT molecular complexity index is 630. The minimum absolute atomic E-state index is 0.0486. The lowest BCUT2D eigenvalue weighted by Crippen LogP contribution is -2.18. The summed E-state index contributed by atoms with van der Waals surface area (Å²) < 4.78 is 0. The number of allylic oxidation sites excluding steroid dienone is 3. The molecule has 118 valence electrons. The first-order valence-corrected chi connectivity index (χ1v) is 7.99. The number of Topliss-reactive ketones (excluding diaryl/α,β-unsaturated/α-hetero) is 1.